The van der Waals surface area contributed by atoms with Gasteiger partial charge in [0, 0.05) is 6.20 Å². The lowest BCUT2D eigenvalue weighted by atomic mass is 10.2. The molecule has 138 valence electrons. The Bertz CT molecular complexity index is 791. The molecule has 9 heteroatoms. The first-order valence-corrected chi connectivity index (χ1v) is 8.45. The smallest absolute Gasteiger partial charge is 0.408 e. The van der Waals surface area contributed by atoms with Crippen molar-refractivity contribution in [3.05, 3.63) is 58.3 Å². The first-order valence-electron chi connectivity index (χ1n) is 7.65. The molecule has 8 nitrogen and oxygen atoms in total. The van der Waals surface area contributed by atoms with Crippen LogP contribution in [0.3, 0.4) is 0 Å². The minimum absolute atomic E-state index is 0.0953. The number of alkyl carbamates (subject to hydrolysis) is 1. The molecule has 2 aromatic rings. The molecular weight excluding hydrogens is 406 g/mol. The zero-order valence-electron chi connectivity index (χ0n) is 14.2. The summed E-state index contributed by atoms with van der Waals surface area (Å²) in [6.07, 6.45) is 0.757. The van der Waals surface area contributed by atoms with Gasteiger partial charge < -0.3 is 14.8 Å². The van der Waals surface area contributed by atoms with Crippen molar-refractivity contribution in [3.8, 4) is 0 Å². The van der Waals surface area contributed by atoms with Crippen molar-refractivity contribution in [1.29, 1.82) is 0 Å². The second-order valence-corrected chi connectivity index (χ2v) is 6.13. The van der Waals surface area contributed by atoms with E-state index in [2.05, 4.69) is 31.4 Å². The molecule has 0 saturated carbocycles. The number of benzene rings is 1. The maximum Gasteiger partial charge on any atom is 0.408 e. The van der Waals surface area contributed by atoms with E-state index in [9.17, 15) is 14.4 Å². The summed E-state index contributed by atoms with van der Waals surface area (Å²) in [5, 5.41) is 2.43. The highest BCUT2D eigenvalue weighted by Gasteiger charge is 2.21. The average molecular weight is 424 g/mol. The lowest BCUT2D eigenvalue weighted by Crippen LogP contribution is -2.44. The van der Waals surface area contributed by atoms with Crippen LogP contribution in [0, 0.1) is 0 Å². The van der Waals surface area contributed by atoms with Crippen LogP contribution in [0.2, 0.25) is 0 Å². The highest BCUT2D eigenvalue weighted by atomic mass is 79.9. The van der Waals surface area contributed by atoms with Crippen LogP contribution in [0.5, 0.6) is 0 Å². The zero-order valence-corrected chi connectivity index (χ0v) is 15.8. The summed E-state index contributed by atoms with van der Waals surface area (Å²) in [5.41, 5.74) is 3.46. The molecule has 0 aliphatic rings. The van der Waals surface area contributed by atoms with Crippen LogP contribution in [0.15, 0.2) is 47.1 Å². The fourth-order valence-electron chi connectivity index (χ4n) is 2.02. The third-order valence-electron chi connectivity index (χ3n) is 3.39. The monoisotopic (exact) mass is 423 g/mol. The van der Waals surface area contributed by atoms with Gasteiger partial charge >= 0.3 is 12.1 Å². The average Bonchev–Trinajstić information content (AvgIpc) is 3.00. The van der Waals surface area contributed by atoms with Crippen molar-refractivity contribution < 1.29 is 23.9 Å². The van der Waals surface area contributed by atoms with Gasteiger partial charge in [0.15, 0.2) is 5.69 Å². The first-order chi connectivity index (χ1) is 12.4. The Morgan fingerprint density at radius 3 is 2.54 bits per heavy atom. The molecule has 0 radical (unpaired) electrons. The molecular formula is C17H18BrN3O5. The van der Waals surface area contributed by atoms with E-state index in [1.54, 1.807) is 6.07 Å². The van der Waals surface area contributed by atoms with E-state index in [-0.39, 0.29) is 12.3 Å². The van der Waals surface area contributed by atoms with Crippen molar-refractivity contribution in [2.75, 3.05) is 12.5 Å². The second-order valence-electron chi connectivity index (χ2n) is 5.28. The Labute approximate surface area is 158 Å². The summed E-state index contributed by atoms with van der Waals surface area (Å²) >= 11 is 3.21. The van der Waals surface area contributed by atoms with Crippen LogP contribution in [-0.4, -0.2) is 35.8 Å². The van der Waals surface area contributed by atoms with E-state index >= 15 is 0 Å². The molecule has 0 fully saturated rings. The number of carbonyl (C=O) groups is 3. The molecule has 1 atom stereocenters. The van der Waals surface area contributed by atoms with Crippen molar-refractivity contribution in [2.45, 2.75) is 19.6 Å². The van der Waals surface area contributed by atoms with Gasteiger partial charge in [0.1, 0.15) is 12.6 Å². The molecule has 0 saturated heterocycles. The molecule has 0 unspecified atom stereocenters. The normalized spacial score (nSPS) is 11.3. The number of carbonyl (C=O) groups excluding carboxylic acids is 3. The molecule has 2 N–H and O–H groups in total. The van der Waals surface area contributed by atoms with Gasteiger partial charge in [-0.1, -0.05) is 30.3 Å². The predicted molar refractivity (Wildman–Crippen MR) is 97.1 cm³/mol. The van der Waals surface area contributed by atoms with Crippen LogP contribution < -0.4 is 10.7 Å². The number of halogens is 1. The van der Waals surface area contributed by atoms with E-state index in [0.29, 0.717) is 4.47 Å². The van der Waals surface area contributed by atoms with Gasteiger partial charge in [0.2, 0.25) is 0 Å². The minimum Gasteiger partial charge on any atom is -0.464 e. The molecule has 2 amide bonds. The van der Waals surface area contributed by atoms with Gasteiger partial charge in [-0.2, -0.15) is 0 Å². The molecule has 1 aromatic heterocycles. The molecule has 26 heavy (non-hydrogen) atoms. The van der Waals surface area contributed by atoms with Crippen LogP contribution in [0.1, 0.15) is 23.0 Å². The molecule has 0 aliphatic heterocycles. The van der Waals surface area contributed by atoms with Crippen molar-refractivity contribution in [3.63, 3.8) is 0 Å². The highest BCUT2D eigenvalue weighted by Crippen LogP contribution is 2.18. The minimum atomic E-state index is -0.884. The van der Waals surface area contributed by atoms with E-state index in [1.165, 1.54) is 24.9 Å². The molecule has 0 spiro atoms. The van der Waals surface area contributed by atoms with Gasteiger partial charge in [-0.15, -0.1) is 0 Å². The standard InChI is InChI=1S/C17H18BrN3O5/c1-11(19-17(24)26-10-12-6-4-3-5-7-12)15(22)20-21-9-8-13(18)14(21)16(23)25-2/h3-9,11H,10H2,1-2H3,(H,19,24)(H,20,22)/t11-/m0/s1. The quantitative estimate of drug-likeness (QED) is 0.695. The Morgan fingerprint density at radius 1 is 1.19 bits per heavy atom. The Kier molecular flexibility index (Phi) is 6.79. The van der Waals surface area contributed by atoms with Crippen LogP contribution in [-0.2, 0) is 20.9 Å². The topological polar surface area (TPSA) is 98.7 Å². The number of hydrogen-bond donors (Lipinski definition) is 2. The van der Waals surface area contributed by atoms with E-state index in [1.807, 2.05) is 30.3 Å². The first kappa shape index (κ1) is 19.5. The maximum atomic E-state index is 12.2. The van der Waals surface area contributed by atoms with Gasteiger partial charge in [0.25, 0.3) is 5.91 Å². The van der Waals surface area contributed by atoms with Crippen molar-refractivity contribution in [2.24, 2.45) is 0 Å². The van der Waals surface area contributed by atoms with Gasteiger partial charge in [-0.3, -0.25) is 14.9 Å². The van der Waals surface area contributed by atoms with E-state index in [0.717, 1.165) is 5.56 Å². The number of methoxy groups -OCH3 is 1. The number of ether oxygens (including phenoxy) is 2. The summed E-state index contributed by atoms with van der Waals surface area (Å²) in [6, 6.07) is 9.87. The summed E-state index contributed by atoms with van der Waals surface area (Å²) < 4.78 is 11.4. The molecule has 2 rings (SSSR count). The molecule has 0 bridgehead atoms. The van der Waals surface area contributed by atoms with Crippen LogP contribution >= 0.6 is 15.9 Å². The fraction of sp³-hybridized carbons (Fsp3) is 0.235. The number of nitrogens with one attached hydrogen (secondary N) is 2. The summed E-state index contributed by atoms with van der Waals surface area (Å²) in [7, 11) is 1.24. The van der Waals surface area contributed by atoms with Gasteiger partial charge in [-0.25, -0.2) is 9.59 Å². The van der Waals surface area contributed by atoms with E-state index in [4.69, 9.17) is 4.74 Å². The van der Waals surface area contributed by atoms with Crippen molar-refractivity contribution >= 4 is 33.9 Å². The largest absolute Gasteiger partial charge is 0.464 e. The number of amides is 2. The molecule has 1 heterocycles. The summed E-state index contributed by atoms with van der Waals surface area (Å²) in [5.74, 6) is -1.15. The molecule has 1 aromatic carbocycles. The zero-order chi connectivity index (χ0) is 19.1. The number of rotatable bonds is 6. The Hall–Kier alpha value is -2.81. The van der Waals surface area contributed by atoms with Crippen molar-refractivity contribution in [1.82, 2.24) is 9.99 Å². The third kappa shape index (κ3) is 5.09. The van der Waals surface area contributed by atoms with Gasteiger partial charge in [-0.05, 0) is 34.5 Å². The van der Waals surface area contributed by atoms with Crippen LogP contribution in [0.4, 0.5) is 4.79 Å². The second kappa shape index (κ2) is 9.04. The lowest BCUT2D eigenvalue weighted by Gasteiger charge is -2.16. The lowest BCUT2D eigenvalue weighted by molar-refractivity contribution is -0.118. The van der Waals surface area contributed by atoms with Gasteiger partial charge in [0.05, 0.1) is 11.6 Å². The molecule has 0 aliphatic carbocycles. The maximum absolute atomic E-state index is 12.2. The summed E-state index contributed by atoms with van der Waals surface area (Å²) in [4.78, 5) is 35.8. The Balaban J connectivity index is 1.89. The number of aromatic nitrogens is 1. The summed E-state index contributed by atoms with van der Waals surface area (Å²) in [6.45, 7) is 1.59. The SMILES string of the molecule is COC(=O)c1c(Br)ccn1NC(=O)[C@H](C)NC(=O)OCc1ccccc1. The number of esters is 1. The third-order valence-corrected chi connectivity index (χ3v) is 4.03. The Morgan fingerprint density at radius 2 is 1.88 bits per heavy atom. The van der Waals surface area contributed by atoms with E-state index < -0.39 is 24.0 Å². The number of hydrogen-bond acceptors (Lipinski definition) is 5. The fourth-order valence-corrected chi connectivity index (χ4v) is 2.49. The highest BCUT2D eigenvalue weighted by molar-refractivity contribution is 9.10. The van der Waals surface area contributed by atoms with Crippen LogP contribution in [0.25, 0.3) is 0 Å². The number of nitrogens with zero attached hydrogens (tertiary/aromatic N) is 1. The predicted octanol–water partition coefficient (Wildman–Crippen LogP) is 2.42.